The van der Waals surface area contributed by atoms with E-state index >= 15 is 0 Å². The van der Waals surface area contributed by atoms with E-state index in [0.717, 1.165) is 13.1 Å². The van der Waals surface area contributed by atoms with Gasteiger partial charge in [0.2, 0.25) is 0 Å². The lowest BCUT2D eigenvalue weighted by Crippen LogP contribution is -2.38. The zero-order valence-corrected chi connectivity index (χ0v) is 10.8. The van der Waals surface area contributed by atoms with Crippen LogP contribution in [0.2, 0.25) is 0 Å². The molecule has 2 aromatic rings. The molecule has 17 heavy (non-hydrogen) atoms. The topological polar surface area (TPSA) is 17.6 Å². The maximum atomic E-state index is 2.25. The maximum absolute atomic E-state index is 2.25. The average Bonchev–Trinajstić information content (AvgIpc) is 2.89. The molecule has 0 aliphatic heterocycles. The molecule has 0 N–H and O–H groups in total. The summed E-state index contributed by atoms with van der Waals surface area (Å²) in [5.74, 6) is 0. The van der Waals surface area contributed by atoms with E-state index in [1.165, 1.54) is 19.3 Å². The van der Waals surface area contributed by atoms with Crippen molar-refractivity contribution in [3.8, 4) is 0 Å². The van der Waals surface area contributed by atoms with Crippen LogP contribution in [0.5, 0.6) is 0 Å². The van der Waals surface area contributed by atoms with E-state index in [-0.39, 0.29) is 0 Å². The number of rotatable bonds is 6. The Morgan fingerprint density at radius 2 is 1.24 bits per heavy atom. The lowest BCUT2D eigenvalue weighted by atomic mass is 10.2. The minimum atomic E-state index is 1.11. The minimum Gasteiger partial charge on any atom is -0.161 e. The number of aromatic nitrogens is 4. The number of unbranched alkanes of at least 4 members (excludes halogenated alkanes) is 2. The first-order valence-corrected chi connectivity index (χ1v) is 6.29. The van der Waals surface area contributed by atoms with Gasteiger partial charge in [-0.15, -0.1) is 9.36 Å². The number of aryl methyl sites for hydroxylation is 4. The van der Waals surface area contributed by atoms with Gasteiger partial charge in [0, 0.05) is 12.1 Å². The summed E-state index contributed by atoms with van der Waals surface area (Å²) in [5, 5.41) is 0. The highest BCUT2D eigenvalue weighted by molar-refractivity contribution is 4.72. The van der Waals surface area contributed by atoms with Crippen molar-refractivity contribution < 1.29 is 9.36 Å². The molecule has 0 saturated carbocycles. The van der Waals surface area contributed by atoms with Gasteiger partial charge in [-0.2, -0.15) is 9.36 Å². The Bertz CT molecular complexity index is 413. The van der Waals surface area contributed by atoms with Crippen LogP contribution in [0, 0.1) is 0 Å². The van der Waals surface area contributed by atoms with Crippen molar-refractivity contribution >= 4 is 0 Å². The van der Waals surface area contributed by atoms with Crippen LogP contribution in [0.4, 0.5) is 0 Å². The van der Waals surface area contributed by atoms with Gasteiger partial charge in [0.15, 0.2) is 26.5 Å². The zero-order chi connectivity index (χ0) is 12.1. The molecular formula is C13H22N4+2. The van der Waals surface area contributed by atoms with Crippen LogP contribution in [-0.4, -0.2) is 9.36 Å². The number of hydrogen-bond donors (Lipinski definition) is 0. The molecule has 0 aliphatic carbocycles. The molecule has 0 aromatic carbocycles. The third kappa shape index (κ3) is 3.19. The highest BCUT2D eigenvalue weighted by atomic mass is 15.4. The Morgan fingerprint density at radius 3 is 1.59 bits per heavy atom. The van der Waals surface area contributed by atoms with Gasteiger partial charge in [0.1, 0.15) is 0 Å². The summed E-state index contributed by atoms with van der Waals surface area (Å²) in [6.45, 7) is 2.22. The van der Waals surface area contributed by atoms with Gasteiger partial charge >= 0.3 is 0 Å². The fraction of sp³-hybridized carbons (Fsp3) is 0.538. The summed E-state index contributed by atoms with van der Waals surface area (Å²) in [6, 6.07) is 4.17. The highest BCUT2D eigenvalue weighted by Crippen LogP contribution is 1.99. The maximum Gasteiger partial charge on any atom is 0.195 e. The van der Waals surface area contributed by atoms with Crippen LogP contribution in [0.3, 0.4) is 0 Å². The van der Waals surface area contributed by atoms with E-state index in [2.05, 4.69) is 69.7 Å². The highest BCUT2D eigenvalue weighted by Gasteiger charge is 2.03. The van der Waals surface area contributed by atoms with Crippen molar-refractivity contribution in [1.82, 2.24) is 9.36 Å². The summed E-state index contributed by atoms with van der Waals surface area (Å²) < 4.78 is 8.75. The predicted molar refractivity (Wildman–Crippen MR) is 65.1 cm³/mol. The monoisotopic (exact) mass is 234 g/mol. The average molecular weight is 234 g/mol. The Balaban J connectivity index is 1.64. The van der Waals surface area contributed by atoms with E-state index in [0.29, 0.717) is 0 Å². The van der Waals surface area contributed by atoms with Gasteiger partial charge < -0.3 is 0 Å². The largest absolute Gasteiger partial charge is 0.195 e. The second-order valence-electron chi connectivity index (χ2n) is 4.52. The summed E-state index contributed by atoms with van der Waals surface area (Å²) in [5.41, 5.74) is 0. The van der Waals surface area contributed by atoms with Gasteiger partial charge in [-0.3, -0.25) is 0 Å². The Morgan fingerprint density at radius 1 is 0.765 bits per heavy atom. The van der Waals surface area contributed by atoms with Crippen molar-refractivity contribution in [2.24, 2.45) is 14.1 Å². The third-order valence-corrected chi connectivity index (χ3v) is 3.20. The minimum absolute atomic E-state index is 1.11. The Labute approximate surface area is 103 Å². The lowest BCUT2D eigenvalue weighted by molar-refractivity contribution is -0.754. The SMILES string of the molecule is C[n+]1cccn1CCCCCn1ccc[n+]1C. The molecule has 0 fully saturated rings. The molecule has 4 nitrogen and oxygen atoms in total. The molecule has 0 amide bonds. The van der Waals surface area contributed by atoms with Crippen molar-refractivity contribution in [3.63, 3.8) is 0 Å². The van der Waals surface area contributed by atoms with Crippen LogP contribution in [-0.2, 0) is 27.2 Å². The van der Waals surface area contributed by atoms with Gasteiger partial charge in [-0.25, -0.2) is 0 Å². The third-order valence-electron chi connectivity index (χ3n) is 3.20. The van der Waals surface area contributed by atoms with Crippen molar-refractivity contribution in [1.29, 1.82) is 0 Å². The summed E-state index contributed by atoms with van der Waals surface area (Å²) in [4.78, 5) is 0. The lowest BCUT2D eigenvalue weighted by Gasteiger charge is -2.02. The normalized spacial score (nSPS) is 10.9. The summed E-state index contributed by atoms with van der Waals surface area (Å²) >= 11 is 0. The molecule has 4 heteroatoms. The summed E-state index contributed by atoms with van der Waals surface area (Å²) in [7, 11) is 4.17. The summed E-state index contributed by atoms with van der Waals surface area (Å²) in [6.07, 6.45) is 12.2. The van der Waals surface area contributed by atoms with Crippen LogP contribution in [0.15, 0.2) is 36.9 Å². The number of hydrogen-bond acceptors (Lipinski definition) is 0. The molecular weight excluding hydrogens is 212 g/mol. The van der Waals surface area contributed by atoms with E-state index < -0.39 is 0 Å². The first kappa shape index (κ1) is 11.9. The molecule has 2 aromatic heterocycles. The van der Waals surface area contributed by atoms with Crippen LogP contribution < -0.4 is 9.36 Å². The molecule has 92 valence electrons. The van der Waals surface area contributed by atoms with E-state index in [4.69, 9.17) is 0 Å². The quantitative estimate of drug-likeness (QED) is 0.520. The Hall–Kier alpha value is -1.58. The standard InChI is InChI=1S/C13H22N4/c1-14-8-6-12-16(14)10-4-3-5-11-17-13-7-9-15(17)2/h6-9,12-13H,3-5,10-11H2,1-2H3/q+2. The zero-order valence-electron chi connectivity index (χ0n) is 10.8. The van der Waals surface area contributed by atoms with Crippen molar-refractivity contribution in [3.05, 3.63) is 36.9 Å². The van der Waals surface area contributed by atoms with E-state index in [1.54, 1.807) is 0 Å². The van der Waals surface area contributed by atoms with E-state index in [9.17, 15) is 0 Å². The second-order valence-corrected chi connectivity index (χ2v) is 4.52. The van der Waals surface area contributed by atoms with Gasteiger partial charge in [-0.1, -0.05) is 0 Å². The van der Waals surface area contributed by atoms with Gasteiger partial charge in [-0.05, 0) is 19.3 Å². The molecule has 0 bridgehead atoms. The second kappa shape index (κ2) is 5.66. The van der Waals surface area contributed by atoms with Crippen LogP contribution in [0.25, 0.3) is 0 Å². The molecule has 0 radical (unpaired) electrons. The molecule has 0 saturated heterocycles. The molecule has 2 heterocycles. The van der Waals surface area contributed by atoms with Crippen LogP contribution in [0.1, 0.15) is 19.3 Å². The van der Waals surface area contributed by atoms with Crippen molar-refractivity contribution in [2.45, 2.75) is 32.4 Å². The smallest absolute Gasteiger partial charge is 0.161 e. The molecule has 0 spiro atoms. The van der Waals surface area contributed by atoms with Crippen molar-refractivity contribution in [2.75, 3.05) is 0 Å². The van der Waals surface area contributed by atoms with Gasteiger partial charge in [0.25, 0.3) is 0 Å². The fourth-order valence-electron chi connectivity index (χ4n) is 2.10. The first-order valence-electron chi connectivity index (χ1n) is 6.29. The molecule has 0 aliphatic rings. The van der Waals surface area contributed by atoms with E-state index in [1.807, 2.05) is 0 Å². The molecule has 0 unspecified atom stereocenters. The Kier molecular flexibility index (Phi) is 3.96. The fourth-order valence-corrected chi connectivity index (χ4v) is 2.10. The molecule has 0 atom stereocenters. The predicted octanol–water partition coefficient (Wildman–Crippen LogP) is 0.809. The number of nitrogens with zero attached hydrogens (tertiary/aromatic N) is 4. The first-order chi connectivity index (χ1) is 8.27. The molecule has 2 rings (SSSR count). The van der Waals surface area contributed by atoms with Crippen LogP contribution >= 0.6 is 0 Å². The van der Waals surface area contributed by atoms with Gasteiger partial charge in [0.05, 0.1) is 25.5 Å².